The monoisotopic (exact) mass is 208 g/mol. The average molecular weight is 208 g/mol. The number of rotatable bonds is 6. The van der Waals surface area contributed by atoms with Crippen LogP contribution in [-0.2, 0) is 6.42 Å². The van der Waals surface area contributed by atoms with Gasteiger partial charge in [0.25, 0.3) is 0 Å². The van der Waals surface area contributed by atoms with E-state index in [0.29, 0.717) is 12.5 Å². The summed E-state index contributed by atoms with van der Waals surface area (Å²) >= 11 is 0. The summed E-state index contributed by atoms with van der Waals surface area (Å²) in [6.45, 7) is 5.91. The Morgan fingerprint density at radius 1 is 1.33 bits per heavy atom. The maximum atomic E-state index is 5.40. The molecule has 0 atom stereocenters. The van der Waals surface area contributed by atoms with Gasteiger partial charge in [0.15, 0.2) is 0 Å². The lowest BCUT2D eigenvalue weighted by atomic mass is 10.1. The van der Waals surface area contributed by atoms with Crippen LogP contribution in [0.3, 0.4) is 0 Å². The van der Waals surface area contributed by atoms with Crippen molar-refractivity contribution < 1.29 is 0 Å². The molecule has 4 heteroatoms. The zero-order chi connectivity index (χ0) is 11.1. The van der Waals surface area contributed by atoms with E-state index in [-0.39, 0.29) is 0 Å². The summed E-state index contributed by atoms with van der Waals surface area (Å²) < 4.78 is 0. The Morgan fingerprint density at radius 3 is 2.67 bits per heavy atom. The highest BCUT2D eigenvalue weighted by Crippen LogP contribution is 2.06. The fourth-order valence-electron chi connectivity index (χ4n) is 1.30. The van der Waals surface area contributed by atoms with Gasteiger partial charge in [0.1, 0.15) is 5.82 Å². The van der Waals surface area contributed by atoms with Gasteiger partial charge in [-0.1, -0.05) is 13.8 Å². The van der Waals surface area contributed by atoms with Crippen LogP contribution in [-0.4, -0.2) is 23.3 Å². The fraction of sp³-hybridized carbons (Fsp3) is 0.636. The second kappa shape index (κ2) is 6.35. The second-order valence-corrected chi connectivity index (χ2v) is 4.08. The van der Waals surface area contributed by atoms with Crippen molar-refractivity contribution in [3.8, 4) is 0 Å². The molecule has 1 aromatic rings. The van der Waals surface area contributed by atoms with Crippen LogP contribution in [0.4, 0.5) is 5.82 Å². The van der Waals surface area contributed by atoms with Crippen molar-refractivity contribution in [3.05, 3.63) is 17.8 Å². The number of anilines is 1. The molecule has 0 aromatic carbocycles. The Morgan fingerprint density at radius 2 is 2.13 bits per heavy atom. The summed E-state index contributed by atoms with van der Waals surface area (Å²) in [5, 5.41) is 11.4. The number of aromatic nitrogens is 2. The summed E-state index contributed by atoms with van der Waals surface area (Å²) in [4.78, 5) is 0. The standard InChI is InChI=1S/C11H20N4/c1-9(2)8-10-4-5-11(15-14-10)13-7-3-6-12/h4-5,9H,3,6-8,12H2,1-2H3,(H,13,15). The topological polar surface area (TPSA) is 63.8 Å². The molecule has 84 valence electrons. The molecule has 1 aromatic heterocycles. The summed E-state index contributed by atoms with van der Waals surface area (Å²) in [5.41, 5.74) is 6.45. The van der Waals surface area contributed by atoms with Crippen LogP contribution >= 0.6 is 0 Å². The van der Waals surface area contributed by atoms with Crippen molar-refractivity contribution in [3.63, 3.8) is 0 Å². The highest BCUT2D eigenvalue weighted by molar-refractivity contribution is 5.32. The molecule has 0 saturated carbocycles. The maximum Gasteiger partial charge on any atom is 0.148 e. The van der Waals surface area contributed by atoms with E-state index in [1.165, 1.54) is 0 Å². The first-order valence-corrected chi connectivity index (χ1v) is 5.49. The van der Waals surface area contributed by atoms with Crippen LogP contribution in [0.5, 0.6) is 0 Å². The number of hydrogen-bond donors (Lipinski definition) is 2. The molecule has 0 aliphatic carbocycles. The minimum atomic E-state index is 0.621. The molecule has 0 fully saturated rings. The van der Waals surface area contributed by atoms with E-state index >= 15 is 0 Å². The van der Waals surface area contributed by atoms with Crippen LogP contribution < -0.4 is 11.1 Å². The summed E-state index contributed by atoms with van der Waals surface area (Å²) in [6, 6.07) is 4.00. The lowest BCUT2D eigenvalue weighted by Crippen LogP contribution is -2.10. The van der Waals surface area contributed by atoms with Gasteiger partial charge in [-0.15, -0.1) is 5.10 Å². The van der Waals surface area contributed by atoms with E-state index in [9.17, 15) is 0 Å². The minimum Gasteiger partial charge on any atom is -0.369 e. The highest BCUT2D eigenvalue weighted by atomic mass is 15.2. The minimum absolute atomic E-state index is 0.621. The van der Waals surface area contributed by atoms with E-state index in [1.54, 1.807) is 0 Å². The molecule has 0 aliphatic heterocycles. The van der Waals surface area contributed by atoms with Crippen molar-refractivity contribution in [2.45, 2.75) is 26.7 Å². The first kappa shape index (κ1) is 11.9. The smallest absolute Gasteiger partial charge is 0.148 e. The number of nitrogens with two attached hydrogens (primary N) is 1. The third kappa shape index (κ3) is 4.74. The molecule has 1 heterocycles. The molecule has 0 aliphatic rings. The van der Waals surface area contributed by atoms with Gasteiger partial charge >= 0.3 is 0 Å². The first-order valence-electron chi connectivity index (χ1n) is 5.49. The molecule has 0 amide bonds. The van der Waals surface area contributed by atoms with Crippen molar-refractivity contribution in [1.82, 2.24) is 10.2 Å². The van der Waals surface area contributed by atoms with Crippen LogP contribution in [0.2, 0.25) is 0 Å². The zero-order valence-electron chi connectivity index (χ0n) is 9.53. The van der Waals surface area contributed by atoms with Crippen molar-refractivity contribution in [2.24, 2.45) is 11.7 Å². The molecule has 0 bridgehead atoms. The number of nitrogens with zero attached hydrogens (tertiary/aromatic N) is 2. The van der Waals surface area contributed by atoms with Crippen molar-refractivity contribution >= 4 is 5.82 Å². The van der Waals surface area contributed by atoms with Gasteiger partial charge in [-0.25, -0.2) is 0 Å². The van der Waals surface area contributed by atoms with E-state index in [4.69, 9.17) is 5.73 Å². The maximum absolute atomic E-state index is 5.40. The molecular weight excluding hydrogens is 188 g/mol. The molecule has 0 unspecified atom stereocenters. The largest absolute Gasteiger partial charge is 0.369 e. The predicted octanol–water partition coefficient (Wildman–Crippen LogP) is 1.44. The van der Waals surface area contributed by atoms with Crippen LogP contribution in [0.1, 0.15) is 26.0 Å². The predicted molar refractivity (Wildman–Crippen MR) is 62.7 cm³/mol. The quantitative estimate of drug-likeness (QED) is 0.694. The van der Waals surface area contributed by atoms with E-state index in [1.807, 2.05) is 12.1 Å². The molecule has 4 nitrogen and oxygen atoms in total. The fourth-order valence-corrected chi connectivity index (χ4v) is 1.30. The zero-order valence-corrected chi connectivity index (χ0v) is 9.53. The Labute approximate surface area is 91.3 Å². The average Bonchev–Trinajstić information content (AvgIpc) is 2.20. The van der Waals surface area contributed by atoms with Gasteiger partial charge in [0, 0.05) is 6.54 Å². The molecule has 3 N–H and O–H groups in total. The van der Waals surface area contributed by atoms with Gasteiger partial charge < -0.3 is 11.1 Å². The van der Waals surface area contributed by atoms with E-state index < -0.39 is 0 Å². The normalized spacial score (nSPS) is 10.7. The third-order valence-electron chi connectivity index (χ3n) is 2.02. The summed E-state index contributed by atoms with van der Waals surface area (Å²) in [5.74, 6) is 1.45. The van der Waals surface area contributed by atoms with Gasteiger partial charge in [0.2, 0.25) is 0 Å². The van der Waals surface area contributed by atoms with Crippen LogP contribution in [0.15, 0.2) is 12.1 Å². The van der Waals surface area contributed by atoms with Crippen molar-refractivity contribution in [1.29, 1.82) is 0 Å². The Bertz CT molecular complexity index is 268. The summed E-state index contributed by atoms with van der Waals surface area (Å²) in [6.07, 6.45) is 1.94. The molecule has 0 spiro atoms. The van der Waals surface area contributed by atoms with Crippen molar-refractivity contribution in [2.75, 3.05) is 18.4 Å². The molecule has 0 saturated heterocycles. The molecule has 15 heavy (non-hydrogen) atoms. The van der Waals surface area contributed by atoms with Crippen LogP contribution in [0.25, 0.3) is 0 Å². The first-order chi connectivity index (χ1) is 7.22. The summed E-state index contributed by atoms with van der Waals surface area (Å²) in [7, 11) is 0. The molecule has 1 rings (SSSR count). The highest BCUT2D eigenvalue weighted by Gasteiger charge is 2.00. The van der Waals surface area contributed by atoms with Gasteiger partial charge in [-0.2, -0.15) is 5.10 Å². The second-order valence-electron chi connectivity index (χ2n) is 4.08. The third-order valence-corrected chi connectivity index (χ3v) is 2.02. The van der Waals surface area contributed by atoms with E-state index in [2.05, 4.69) is 29.4 Å². The van der Waals surface area contributed by atoms with Gasteiger partial charge in [-0.3, -0.25) is 0 Å². The lowest BCUT2D eigenvalue weighted by Gasteiger charge is -2.05. The molecular formula is C11H20N4. The Hall–Kier alpha value is -1.16. The Kier molecular flexibility index (Phi) is 5.04. The SMILES string of the molecule is CC(C)Cc1ccc(NCCCN)nn1. The molecule has 0 radical (unpaired) electrons. The number of hydrogen-bond acceptors (Lipinski definition) is 4. The Balaban J connectivity index is 2.42. The van der Waals surface area contributed by atoms with Crippen LogP contribution in [0, 0.1) is 5.92 Å². The lowest BCUT2D eigenvalue weighted by molar-refractivity contribution is 0.628. The van der Waals surface area contributed by atoms with E-state index in [0.717, 1.165) is 30.9 Å². The van der Waals surface area contributed by atoms with Gasteiger partial charge in [-0.05, 0) is 37.4 Å². The van der Waals surface area contributed by atoms with Gasteiger partial charge in [0.05, 0.1) is 5.69 Å². The number of nitrogens with one attached hydrogen (secondary N) is 1.